The predicted molar refractivity (Wildman–Crippen MR) is 175 cm³/mol. The fourth-order valence-corrected chi connectivity index (χ4v) is 6.19. The minimum absolute atomic E-state index is 0.0164. The van der Waals surface area contributed by atoms with Gasteiger partial charge in [-0.15, -0.1) is 0 Å². The SMILES string of the molecule is CCOC(=O)CC[C@@H](O)Cc1cc(O[Si](C)(C)C(C)(C)C)c(O[Si](C)(C)C(C)(C)C)c(O[Si](C)(C)C(C)(C)C)c1. The first-order chi connectivity index (χ1) is 17.7. The standard InChI is InChI=1S/C31H60O6Si3/c1-17-34-27(33)19-18-24(32)20-23-21-25(35-38(11,12)29(2,3)4)28(37-40(15,16)31(8,9)10)26(22-23)36-39(13,14)30(5,6)7/h21-22,24,32H,17-20H2,1-16H3/t24-/m1/s1. The molecule has 0 saturated carbocycles. The summed E-state index contributed by atoms with van der Waals surface area (Å²) in [4.78, 5) is 11.9. The maximum absolute atomic E-state index is 11.9. The molecule has 0 unspecified atom stereocenters. The highest BCUT2D eigenvalue weighted by atomic mass is 28.4. The lowest BCUT2D eigenvalue weighted by molar-refractivity contribution is -0.143. The smallest absolute Gasteiger partial charge is 0.305 e. The number of benzene rings is 1. The van der Waals surface area contributed by atoms with Crippen LogP contribution in [-0.2, 0) is 16.0 Å². The molecule has 9 heteroatoms. The molecule has 40 heavy (non-hydrogen) atoms. The number of esters is 1. The minimum Gasteiger partial charge on any atom is -0.541 e. The quantitative estimate of drug-likeness (QED) is 0.187. The molecule has 1 rings (SSSR count). The Morgan fingerprint density at radius 3 is 1.48 bits per heavy atom. The van der Waals surface area contributed by atoms with E-state index in [4.69, 9.17) is 18.0 Å². The van der Waals surface area contributed by atoms with Crippen molar-refractivity contribution < 1.29 is 27.9 Å². The molecule has 0 aliphatic carbocycles. The molecule has 232 valence electrons. The third kappa shape index (κ3) is 9.91. The first kappa shape index (κ1) is 36.7. The number of hydrogen-bond donors (Lipinski definition) is 1. The van der Waals surface area contributed by atoms with Gasteiger partial charge in [0.1, 0.15) is 11.5 Å². The van der Waals surface area contributed by atoms with E-state index >= 15 is 0 Å². The van der Waals surface area contributed by atoms with Gasteiger partial charge in [-0.3, -0.25) is 4.79 Å². The largest absolute Gasteiger partial charge is 0.541 e. The van der Waals surface area contributed by atoms with E-state index in [1.807, 2.05) is 12.1 Å². The summed E-state index contributed by atoms with van der Waals surface area (Å²) in [6, 6.07) is 4.05. The van der Waals surface area contributed by atoms with Crippen molar-refractivity contribution in [2.45, 2.75) is 149 Å². The van der Waals surface area contributed by atoms with Gasteiger partial charge < -0.3 is 23.1 Å². The van der Waals surface area contributed by atoms with E-state index in [9.17, 15) is 9.90 Å². The van der Waals surface area contributed by atoms with Gasteiger partial charge in [-0.2, -0.15) is 0 Å². The van der Waals surface area contributed by atoms with E-state index in [0.717, 1.165) is 5.56 Å². The molecular formula is C31H60O6Si3. The minimum atomic E-state index is -2.26. The lowest BCUT2D eigenvalue weighted by Gasteiger charge is -2.42. The van der Waals surface area contributed by atoms with Crippen LogP contribution >= 0.6 is 0 Å². The topological polar surface area (TPSA) is 74.2 Å². The number of aliphatic hydroxyl groups is 1. The predicted octanol–water partition coefficient (Wildman–Crippen LogP) is 9.09. The molecule has 0 spiro atoms. The van der Waals surface area contributed by atoms with Crippen molar-refractivity contribution in [1.82, 2.24) is 0 Å². The normalized spacial score (nSPS) is 14.5. The van der Waals surface area contributed by atoms with E-state index in [1.165, 1.54) is 0 Å². The summed E-state index contributed by atoms with van der Waals surface area (Å²) in [5.41, 5.74) is 0.904. The molecular weight excluding hydrogens is 553 g/mol. The van der Waals surface area contributed by atoms with Gasteiger partial charge >= 0.3 is 5.97 Å². The molecule has 1 N–H and O–H groups in total. The van der Waals surface area contributed by atoms with Gasteiger partial charge in [0.25, 0.3) is 25.0 Å². The molecule has 0 radical (unpaired) electrons. The molecule has 0 amide bonds. The van der Waals surface area contributed by atoms with Gasteiger partial charge in [0.15, 0.2) is 5.75 Å². The second kappa shape index (κ2) is 12.9. The van der Waals surface area contributed by atoms with Gasteiger partial charge in [-0.1, -0.05) is 62.3 Å². The summed E-state index contributed by atoms with van der Waals surface area (Å²) in [5.74, 6) is 1.79. The zero-order chi connectivity index (χ0) is 31.5. The molecule has 0 saturated heterocycles. The van der Waals surface area contributed by atoms with Gasteiger partial charge in [-0.05, 0) is 91.9 Å². The first-order valence-corrected chi connectivity index (χ1v) is 23.5. The maximum Gasteiger partial charge on any atom is 0.305 e. The van der Waals surface area contributed by atoms with Crippen LogP contribution in [0.3, 0.4) is 0 Å². The van der Waals surface area contributed by atoms with Crippen LogP contribution in [-0.4, -0.2) is 48.7 Å². The van der Waals surface area contributed by atoms with Crippen LogP contribution < -0.4 is 13.3 Å². The summed E-state index contributed by atoms with van der Waals surface area (Å²) in [6.45, 7) is 35.6. The van der Waals surface area contributed by atoms with Crippen molar-refractivity contribution in [2.24, 2.45) is 0 Å². The number of carbonyl (C=O) groups is 1. The first-order valence-electron chi connectivity index (χ1n) is 14.8. The molecule has 0 aromatic heterocycles. The monoisotopic (exact) mass is 612 g/mol. The van der Waals surface area contributed by atoms with Crippen LogP contribution in [0.25, 0.3) is 0 Å². The van der Waals surface area contributed by atoms with E-state index in [0.29, 0.717) is 36.7 Å². The van der Waals surface area contributed by atoms with Gasteiger partial charge in [-0.25, -0.2) is 0 Å². The van der Waals surface area contributed by atoms with Crippen LogP contribution in [0, 0.1) is 0 Å². The Morgan fingerprint density at radius 1 is 0.750 bits per heavy atom. The molecule has 6 nitrogen and oxygen atoms in total. The van der Waals surface area contributed by atoms with Crippen LogP contribution in [0.2, 0.25) is 54.4 Å². The second-order valence-electron chi connectivity index (χ2n) is 15.7. The summed E-state index contributed by atoms with van der Waals surface area (Å²) >= 11 is 0. The Hall–Kier alpha value is -1.30. The van der Waals surface area contributed by atoms with Crippen LogP contribution in [0.15, 0.2) is 12.1 Å². The fourth-order valence-electron chi connectivity index (χ4n) is 3.16. The zero-order valence-corrected chi connectivity index (χ0v) is 31.5. The third-order valence-electron chi connectivity index (χ3n) is 9.04. The van der Waals surface area contributed by atoms with Crippen molar-refractivity contribution in [1.29, 1.82) is 0 Å². The Labute approximate surface area is 248 Å². The molecule has 1 atom stereocenters. The summed E-state index contributed by atoms with van der Waals surface area (Å²) in [7, 11) is -6.77. The van der Waals surface area contributed by atoms with Crippen molar-refractivity contribution in [2.75, 3.05) is 6.61 Å². The van der Waals surface area contributed by atoms with Gasteiger partial charge in [0.05, 0.1) is 12.7 Å². The third-order valence-corrected chi connectivity index (χ3v) is 22.1. The lowest BCUT2D eigenvalue weighted by Crippen LogP contribution is -2.47. The van der Waals surface area contributed by atoms with Crippen LogP contribution in [0.1, 0.15) is 87.6 Å². The Kier molecular flexibility index (Phi) is 11.9. The van der Waals surface area contributed by atoms with Crippen LogP contribution in [0.4, 0.5) is 0 Å². The highest BCUT2D eigenvalue weighted by molar-refractivity contribution is 6.76. The van der Waals surface area contributed by atoms with Crippen molar-refractivity contribution in [3.8, 4) is 17.2 Å². The summed E-state index contributed by atoms with van der Waals surface area (Å²) in [5, 5.41) is 10.8. The van der Waals surface area contributed by atoms with Crippen LogP contribution in [0.5, 0.6) is 17.2 Å². The highest BCUT2D eigenvalue weighted by Crippen LogP contribution is 2.50. The zero-order valence-electron chi connectivity index (χ0n) is 28.5. The molecule has 0 fully saturated rings. The molecule has 0 heterocycles. The number of hydrogen-bond acceptors (Lipinski definition) is 6. The Bertz CT molecular complexity index is 949. The maximum atomic E-state index is 11.9. The molecule has 0 aliphatic rings. The van der Waals surface area contributed by atoms with Crippen molar-refractivity contribution in [3.05, 3.63) is 17.7 Å². The average molecular weight is 613 g/mol. The van der Waals surface area contributed by atoms with Gasteiger partial charge in [0, 0.05) is 6.42 Å². The Balaban J connectivity index is 3.79. The fraction of sp³-hybridized carbons (Fsp3) is 0.774. The number of carbonyl (C=O) groups excluding carboxylic acids is 1. The van der Waals surface area contributed by atoms with E-state index in [2.05, 4.69) is 102 Å². The summed E-state index contributed by atoms with van der Waals surface area (Å²) in [6.07, 6.45) is 0.194. The number of rotatable bonds is 12. The van der Waals surface area contributed by atoms with Gasteiger partial charge in [0.2, 0.25) is 0 Å². The van der Waals surface area contributed by atoms with E-state index in [1.54, 1.807) is 6.92 Å². The summed E-state index contributed by atoms with van der Waals surface area (Å²) < 4.78 is 26.0. The van der Waals surface area contributed by atoms with Crippen molar-refractivity contribution >= 4 is 30.9 Å². The number of aliphatic hydroxyl groups excluding tert-OH is 1. The Morgan fingerprint density at radius 2 is 1.12 bits per heavy atom. The highest BCUT2D eigenvalue weighted by Gasteiger charge is 2.45. The van der Waals surface area contributed by atoms with E-state index in [-0.39, 0.29) is 27.5 Å². The molecule has 0 bridgehead atoms. The van der Waals surface area contributed by atoms with Crippen molar-refractivity contribution in [3.63, 3.8) is 0 Å². The number of ether oxygens (including phenoxy) is 1. The molecule has 1 aromatic carbocycles. The molecule has 0 aliphatic heterocycles. The lowest BCUT2D eigenvalue weighted by atomic mass is 10.0. The second-order valence-corrected chi connectivity index (χ2v) is 29.9. The molecule has 1 aromatic rings. The van der Waals surface area contributed by atoms with E-state index < -0.39 is 31.1 Å². The average Bonchev–Trinajstić information content (AvgIpc) is 2.72.